The first-order valence-electron chi connectivity index (χ1n) is 11.7. The minimum absolute atomic E-state index is 0.211. The van der Waals surface area contributed by atoms with Crippen LogP contribution in [0.15, 0.2) is 12.2 Å². The van der Waals surface area contributed by atoms with Crippen molar-refractivity contribution in [2.45, 2.75) is 58.8 Å². The van der Waals surface area contributed by atoms with Gasteiger partial charge in [-0.1, -0.05) is 0 Å². The van der Waals surface area contributed by atoms with Gasteiger partial charge in [-0.2, -0.15) is 8.78 Å². The first-order chi connectivity index (χ1) is 18.5. The predicted octanol–water partition coefficient (Wildman–Crippen LogP) is 4.43. The Morgan fingerprint density at radius 2 is 1.34 bits per heavy atom. The maximum atomic E-state index is 14.2. The zero-order chi connectivity index (χ0) is 31.7. The van der Waals surface area contributed by atoms with E-state index in [1.807, 2.05) is 0 Å². The molecule has 2 atom stereocenters. The van der Waals surface area contributed by atoms with Crippen LogP contribution in [-0.4, -0.2) is 70.9 Å². The Balaban J connectivity index is 2.51. The van der Waals surface area contributed by atoms with Crippen LogP contribution in [0.3, 0.4) is 0 Å². The summed E-state index contributed by atoms with van der Waals surface area (Å²) in [6.45, 7) is 8.13. The van der Waals surface area contributed by atoms with Gasteiger partial charge in [-0.15, -0.1) is 0 Å². The van der Waals surface area contributed by atoms with Crippen molar-refractivity contribution in [2.75, 3.05) is 19.9 Å². The molecule has 2 rings (SSSR count). The lowest BCUT2D eigenvalue weighted by atomic mass is 10.2. The molecule has 11 nitrogen and oxygen atoms in total. The van der Waals surface area contributed by atoms with Crippen molar-refractivity contribution in [2.24, 2.45) is 0 Å². The third-order valence-corrected chi connectivity index (χ3v) is 6.20. The van der Waals surface area contributed by atoms with E-state index in [4.69, 9.17) is 13.8 Å². The number of carbonyl (C=O) groups excluding carboxylic acids is 4. The molecule has 0 saturated heterocycles. The second-order valence-electron chi connectivity index (χ2n) is 10.7. The second kappa shape index (κ2) is 12.2. The number of hydrogen-bond donors (Lipinski definition) is 0. The molecule has 1 aromatic rings. The zero-order valence-electron chi connectivity index (χ0n) is 23.1. The molecule has 0 radical (unpaired) electrons. The van der Waals surface area contributed by atoms with E-state index in [9.17, 15) is 45.7 Å². The molecule has 1 aliphatic heterocycles. The van der Waals surface area contributed by atoms with Crippen LogP contribution in [0, 0.1) is 29.1 Å². The van der Waals surface area contributed by atoms with Crippen molar-refractivity contribution in [1.82, 2.24) is 9.80 Å². The highest BCUT2D eigenvalue weighted by Crippen LogP contribution is 2.47. The van der Waals surface area contributed by atoms with E-state index >= 15 is 0 Å². The molecule has 0 bridgehead atoms. The summed E-state index contributed by atoms with van der Waals surface area (Å²) in [5.74, 6) is -18.6. The van der Waals surface area contributed by atoms with Crippen molar-refractivity contribution < 1.29 is 64.2 Å². The lowest BCUT2D eigenvalue weighted by Gasteiger charge is -2.33. The highest BCUT2D eigenvalue weighted by atomic mass is 31.2. The van der Waals surface area contributed by atoms with Gasteiger partial charge < -0.3 is 14.0 Å². The van der Waals surface area contributed by atoms with Gasteiger partial charge in [-0.05, 0) is 41.5 Å². The predicted molar refractivity (Wildman–Crippen MR) is 130 cm³/mol. The van der Waals surface area contributed by atoms with E-state index < -0.39 is 96.8 Å². The quantitative estimate of drug-likeness (QED) is 0.0580. The first-order valence-corrected chi connectivity index (χ1v) is 13.7. The number of carbonyl (C=O) groups is 4. The van der Waals surface area contributed by atoms with Gasteiger partial charge in [0.2, 0.25) is 34.8 Å². The molecule has 0 fully saturated rings. The minimum Gasteiger partial charge on any atom is -0.444 e. The van der Waals surface area contributed by atoms with Crippen LogP contribution in [0.5, 0.6) is 5.75 Å². The normalized spacial score (nSPS) is 16.0. The van der Waals surface area contributed by atoms with Crippen LogP contribution in [-0.2, 0) is 32.7 Å². The van der Waals surface area contributed by atoms with Crippen molar-refractivity contribution in [3.63, 3.8) is 0 Å². The van der Waals surface area contributed by atoms with E-state index in [1.54, 1.807) is 20.8 Å². The van der Waals surface area contributed by atoms with Crippen molar-refractivity contribution >= 4 is 31.5 Å². The molecule has 3 amide bonds. The number of benzene rings is 1. The molecule has 1 aromatic carbocycles. The van der Waals surface area contributed by atoms with Gasteiger partial charge in [0, 0.05) is 18.8 Å². The van der Waals surface area contributed by atoms with E-state index in [0.29, 0.717) is 17.1 Å². The SMILES string of the molecule is CC(C)(C)OC(=O)N(COP(C)(=O)OC(C)(C)C)CC(C(=O)Oc1c(F)c(F)c(F)c(F)c1F)N1C(=O)C=CC1=O. The van der Waals surface area contributed by atoms with E-state index in [0.717, 1.165) is 6.66 Å². The van der Waals surface area contributed by atoms with Crippen molar-refractivity contribution in [3.8, 4) is 5.75 Å². The van der Waals surface area contributed by atoms with Gasteiger partial charge >= 0.3 is 19.7 Å². The number of hydrogen-bond acceptors (Lipinski definition) is 9. The Hall–Kier alpha value is -3.36. The highest BCUT2D eigenvalue weighted by molar-refractivity contribution is 7.53. The van der Waals surface area contributed by atoms with Gasteiger partial charge in [0.25, 0.3) is 11.8 Å². The summed E-state index contributed by atoms with van der Waals surface area (Å²) in [5.41, 5.74) is -2.12. The Morgan fingerprint density at radius 1 is 0.878 bits per heavy atom. The Kier molecular flexibility index (Phi) is 10.1. The first kappa shape index (κ1) is 33.8. The van der Waals surface area contributed by atoms with E-state index in [2.05, 4.69) is 4.74 Å². The number of ether oxygens (including phenoxy) is 2. The molecule has 0 N–H and O–H groups in total. The molecular formula is C24H28F5N2O9P. The largest absolute Gasteiger partial charge is 0.444 e. The number of esters is 1. The van der Waals surface area contributed by atoms with Gasteiger partial charge in [0.1, 0.15) is 12.3 Å². The molecule has 228 valence electrons. The maximum Gasteiger partial charge on any atom is 0.412 e. The molecule has 0 saturated carbocycles. The van der Waals surface area contributed by atoms with Crippen LogP contribution >= 0.6 is 7.60 Å². The standard InChI is InChI=1S/C24H28F5N2O9P/c1-23(2,3)39-22(35)30(11-37-41(7,36)40-24(4,5)6)10-12(31-13(32)8-9-14(31)33)21(34)38-20-18(28)16(26)15(25)17(27)19(20)29/h8-9,12H,10-11H2,1-7H3. The lowest BCUT2D eigenvalue weighted by Crippen LogP contribution is -2.54. The van der Waals surface area contributed by atoms with E-state index in [-0.39, 0.29) is 4.90 Å². The monoisotopic (exact) mass is 614 g/mol. The second-order valence-corrected chi connectivity index (χ2v) is 12.6. The summed E-state index contributed by atoms with van der Waals surface area (Å²) in [4.78, 5) is 51.6. The molecule has 2 unspecified atom stereocenters. The fourth-order valence-electron chi connectivity index (χ4n) is 3.24. The van der Waals surface area contributed by atoms with Crippen LogP contribution in [0.25, 0.3) is 0 Å². The Bertz CT molecular complexity index is 1280. The molecule has 1 aliphatic rings. The van der Waals surface area contributed by atoms with Crippen LogP contribution in [0.2, 0.25) is 0 Å². The summed E-state index contributed by atoms with van der Waals surface area (Å²) >= 11 is 0. The summed E-state index contributed by atoms with van der Waals surface area (Å²) in [6, 6.07) is -2.24. The van der Waals surface area contributed by atoms with Crippen molar-refractivity contribution in [1.29, 1.82) is 0 Å². The number of amides is 3. The van der Waals surface area contributed by atoms with Crippen LogP contribution < -0.4 is 4.74 Å². The molecule has 1 heterocycles. The average molecular weight is 614 g/mol. The van der Waals surface area contributed by atoms with E-state index in [1.165, 1.54) is 20.8 Å². The lowest BCUT2D eigenvalue weighted by molar-refractivity contribution is -0.153. The molecule has 0 aliphatic carbocycles. The molecule has 0 spiro atoms. The fourth-order valence-corrected chi connectivity index (χ4v) is 4.63. The summed E-state index contributed by atoms with van der Waals surface area (Å²) < 4.78 is 102. The number of halogens is 5. The summed E-state index contributed by atoms with van der Waals surface area (Å²) in [7, 11) is -3.90. The third-order valence-electron chi connectivity index (χ3n) is 4.73. The Labute approximate surface area is 231 Å². The summed E-state index contributed by atoms with van der Waals surface area (Å²) in [6.07, 6.45) is 0.189. The number of imide groups is 1. The van der Waals surface area contributed by atoms with Gasteiger partial charge in [-0.3, -0.25) is 28.5 Å². The molecule has 0 aromatic heterocycles. The third kappa shape index (κ3) is 8.81. The number of nitrogens with zero attached hydrogens (tertiary/aromatic N) is 2. The van der Waals surface area contributed by atoms with Crippen molar-refractivity contribution in [3.05, 3.63) is 41.2 Å². The average Bonchev–Trinajstić information content (AvgIpc) is 3.14. The molecular weight excluding hydrogens is 586 g/mol. The van der Waals surface area contributed by atoms with Gasteiger partial charge in [0.15, 0.2) is 6.04 Å². The van der Waals surface area contributed by atoms with Gasteiger partial charge in [-0.25, -0.2) is 22.8 Å². The molecule has 41 heavy (non-hydrogen) atoms. The van der Waals surface area contributed by atoms with Gasteiger partial charge in [0.05, 0.1) is 12.1 Å². The zero-order valence-corrected chi connectivity index (χ0v) is 23.9. The fraction of sp³-hybridized carbons (Fsp3) is 0.500. The Morgan fingerprint density at radius 3 is 1.78 bits per heavy atom. The molecule has 17 heteroatoms. The van der Waals surface area contributed by atoms with Crippen LogP contribution in [0.4, 0.5) is 26.7 Å². The summed E-state index contributed by atoms with van der Waals surface area (Å²) in [5, 5.41) is 0. The topological polar surface area (TPSA) is 129 Å². The maximum absolute atomic E-state index is 14.2. The highest BCUT2D eigenvalue weighted by Gasteiger charge is 2.42. The van der Waals surface area contributed by atoms with Crippen LogP contribution in [0.1, 0.15) is 41.5 Å². The minimum atomic E-state index is -3.90. The number of rotatable bonds is 9. The smallest absolute Gasteiger partial charge is 0.412 e.